The van der Waals surface area contributed by atoms with Crippen molar-refractivity contribution in [2.45, 2.75) is 0 Å². The molecule has 0 aliphatic rings. The maximum atomic E-state index is 13.7. The van der Waals surface area contributed by atoms with Crippen molar-refractivity contribution in [2.24, 2.45) is 0 Å². The maximum absolute atomic E-state index is 13.7. The molecule has 0 radical (unpaired) electrons. The molecule has 0 aliphatic carbocycles. The highest BCUT2D eigenvalue weighted by molar-refractivity contribution is 6.31. The summed E-state index contributed by atoms with van der Waals surface area (Å²) in [5.74, 6) is -0.390. The van der Waals surface area contributed by atoms with E-state index in [1.165, 1.54) is 16.7 Å². The molecule has 0 atom stereocenters. The molecule has 98 valence electrons. The van der Waals surface area contributed by atoms with Crippen molar-refractivity contribution in [3.05, 3.63) is 52.8 Å². The second kappa shape index (κ2) is 4.51. The molecule has 4 nitrogen and oxygen atoms in total. The third kappa shape index (κ3) is 1.78. The number of aromatic nitrogens is 2. The van der Waals surface area contributed by atoms with Crippen molar-refractivity contribution in [2.75, 3.05) is 5.73 Å². The Kier molecular flexibility index (Phi) is 2.81. The monoisotopic (exact) mass is 286 g/mol. The Bertz CT molecular complexity index is 863. The molecule has 1 aromatic heterocycles. The summed E-state index contributed by atoms with van der Waals surface area (Å²) in [7, 11) is 0. The number of nitrogens with two attached hydrogens (primary N) is 1. The van der Waals surface area contributed by atoms with Gasteiger partial charge in [-0.05, 0) is 18.2 Å². The van der Waals surface area contributed by atoms with E-state index in [-0.39, 0.29) is 11.0 Å². The van der Waals surface area contributed by atoms with Crippen LogP contribution >= 0.6 is 11.6 Å². The van der Waals surface area contributed by atoms with E-state index in [0.717, 1.165) is 0 Å². The zero-order chi connectivity index (χ0) is 14.3. The van der Waals surface area contributed by atoms with Crippen LogP contribution in [0.5, 0.6) is 0 Å². The fraction of sp³-hybridized carbons (Fsp3) is 0. The van der Waals surface area contributed by atoms with E-state index >= 15 is 0 Å². The molecule has 2 N–H and O–H groups in total. The van der Waals surface area contributed by atoms with E-state index < -0.39 is 5.82 Å². The van der Waals surface area contributed by atoms with Gasteiger partial charge in [0.1, 0.15) is 11.9 Å². The molecule has 0 saturated carbocycles. The van der Waals surface area contributed by atoms with Gasteiger partial charge in [-0.3, -0.25) is 4.57 Å². The highest BCUT2D eigenvalue weighted by Gasteiger charge is 2.15. The van der Waals surface area contributed by atoms with Crippen LogP contribution in [-0.4, -0.2) is 9.55 Å². The van der Waals surface area contributed by atoms with Crippen LogP contribution in [0.2, 0.25) is 5.02 Å². The minimum atomic E-state index is -0.560. The molecule has 0 amide bonds. The molecular formula is C14H8ClFN4. The van der Waals surface area contributed by atoms with Crippen LogP contribution in [0.1, 0.15) is 5.56 Å². The Morgan fingerprint density at radius 2 is 2.05 bits per heavy atom. The molecule has 6 heteroatoms. The van der Waals surface area contributed by atoms with Gasteiger partial charge in [0.05, 0.1) is 27.3 Å². The third-order valence-electron chi connectivity index (χ3n) is 2.99. The van der Waals surface area contributed by atoms with Crippen molar-refractivity contribution < 1.29 is 4.39 Å². The first kappa shape index (κ1) is 12.5. The van der Waals surface area contributed by atoms with Crippen molar-refractivity contribution in [3.63, 3.8) is 0 Å². The Hall–Kier alpha value is -2.58. The third-order valence-corrected chi connectivity index (χ3v) is 3.28. The number of rotatable bonds is 1. The molecule has 1 heterocycles. The van der Waals surface area contributed by atoms with Gasteiger partial charge in [0.2, 0.25) is 5.95 Å². The number of nitriles is 1. The number of benzene rings is 2. The van der Waals surface area contributed by atoms with Gasteiger partial charge < -0.3 is 5.73 Å². The molecule has 0 spiro atoms. The van der Waals surface area contributed by atoms with Crippen molar-refractivity contribution in [3.8, 4) is 11.8 Å². The van der Waals surface area contributed by atoms with Gasteiger partial charge in [-0.15, -0.1) is 0 Å². The highest BCUT2D eigenvalue weighted by Crippen LogP contribution is 2.28. The SMILES string of the molecule is N#Cc1ccccc1-n1c(N)nc2cc(Cl)c(F)cc21. The standard InChI is InChI=1S/C14H8ClFN4/c15-9-5-11-13(6-10(9)16)20(14(18)19-11)12-4-2-1-3-8(12)7-17/h1-6H,(H2,18,19). The molecule has 0 bridgehead atoms. The first-order valence-corrected chi connectivity index (χ1v) is 6.12. The Balaban J connectivity index is 2.40. The Morgan fingerprint density at radius 1 is 1.30 bits per heavy atom. The van der Waals surface area contributed by atoms with Gasteiger partial charge in [0, 0.05) is 6.07 Å². The first-order valence-electron chi connectivity index (χ1n) is 5.74. The zero-order valence-electron chi connectivity index (χ0n) is 10.1. The lowest BCUT2D eigenvalue weighted by Gasteiger charge is -2.08. The quantitative estimate of drug-likeness (QED) is 0.746. The van der Waals surface area contributed by atoms with E-state index in [1.807, 2.05) is 0 Å². The van der Waals surface area contributed by atoms with E-state index in [1.54, 1.807) is 24.3 Å². The maximum Gasteiger partial charge on any atom is 0.205 e. The van der Waals surface area contributed by atoms with Crippen LogP contribution in [-0.2, 0) is 0 Å². The van der Waals surface area contributed by atoms with Crippen LogP contribution < -0.4 is 5.73 Å². The summed E-state index contributed by atoms with van der Waals surface area (Å²) < 4.78 is 15.2. The summed E-state index contributed by atoms with van der Waals surface area (Å²) in [5.41, 5.74) is 7.80. The lowest BCUT2D eigenvalue weighted by molar-refractivity contribution is 0.629. The lowest BCUT2D eigenvalue weighted by Crippen LogP contribution is -2.02. The fourth-order valence-electron chi connectivity index (χ4n) is 2.11. The summed E-state index contributed by atoms with van der Waals surface area (Å²) >= 11 is 5.74. The summed E-state index contributed by atoms with van der Waals surface area (Å²) in [6.45, 7) is 0. The molecule has 0 fully saturated rings. The molecule has 0 aliphatic heterocycles. The fourth-order valence-corrected chi connectivity index (χ4v) is 2.27. The number of para-hydroxylation sites is 1. The second-order valence-corrected chi connectivity index (χ2v) is 4.60. The van der Waals surface area contributed by atoms with E-state index in [4.69, 9.17) is 22.6 Å². The minimum absolute atomic E-state index is 0.0179. The van der Waals surface area contributed by atoms with Crippen LogP contribution in [0.4, 0.5) is 10.3 Å². The predicted molar refractivity (Wildman–Crippen MR) is 75.2 cm³/mol. The van der Waals surface area contributed by atoms with Gasteiger partial charge in [-0.1, -0.05) is 23.7 Å². The van der Waals surface area contributed by atoms with Crippen LogP contribution in [0.15, 0.2) is 36.4 Å². The molecular weight excluding hydrogens is 279 g/mol. The molecule has 2 aromatic carbocycles. The van der Waals surface area contributed by atoms with Crippen LogP contribution in [0, 0.1) is 17.1 Å². The topological polar surface area (TPSA) is 67.6 Å². The summed E-state index contributed by atoms with van der Waals surface area (Å²) in [6, 6.07) is 11.6. The van der Waals surface area contributed by atoms with Crippen LogP contribution in [0.3, 0.4) is 0 Å². The molecule has 20 heavy (non-hydrogen) atoms. The summed E-state index contributed by atoms with van der Waals surface area (Å²) in [4.78, 5) is 4.15. The number of nitrogens with zero attached hydrogens (tertiary/aromatic N) is 3. The second-order valence-electron chi connectivity index (χ2n) is 4.19. The normalized spacial score (nSPS) is 10.7. The van der Waals surface area contributed by atoms with Gasteiger partial charge in [-0.25, -0.2) is 9.37 Å². The zero-order valence-corrected chi connectivity index (χ0v) is 10.9. The first-order chi connectivity index (χ1) is 9.61. The minimum Gasteiger partial charge on any atom is -0.369 e. The number of hydrogen-bond donors (Lipinski definition) is 1. The largest absolute Gasteiger partial charge is 0.369 e. The average molecular weight is 287 g/mol. The molecule has 3 aromatic rings. The van der Waals surface area contributed by atoms with Crippen LogP contribution in [0.25, 0.3) is 16.7 Å². The molecule has 3 rings (SSSR count). The smallest absolute Gasteiger partial charge is 0.205 e. The van der Waals surface area contributed by atoms with E-state index in [9.17, 15) is 4.39 Å². The number of halogens is 2. The van der Waals surface area contributed by atoms with Crippen molar-refractivity contribution >= 4 is 28.6 Å². The Morgan fingerprint density at radius 3 is 2.80 bits per heavy atom. The summed E-state index contributed by atoms with van der Waals surface area (Å²) in [5, 5.41) is 9.14. The summed E-state index contributed by atoms with van der Waals surface area (Å²) in [6.07, 6.45) is 0. The number of imidazole rings is 1. The number of fused-ring (bicyclic) bond motifs is 1. The van der Waals surface area contributed by atoms with Crippen molar-refractivity contribution in [1.82, 2.24) is 9.55 Å². The predicted octanol–water partition coefficient (Wildman–Crippen LogP) is 3.27. The van der Waals surface area contributed by atoms with Gasteiger partial charge >= 0.3 is 0 Å². The van der Waals surface area contributed by atoms with Crippen molar-refractivity contribution in [1.29, 1.82) is 5.26 Å². The lowest BCUT2D eigenvalue weighted by atomic mass is 10.2. The van der Waals surface area contributed by atoms with E-state index in [0.29, 0.717) is 22.3 Å². The van der Waals surface area contributed by atoms with E-state index in [2.05, 4.69) is 11.1 Å². The van der Waals surface area contributed by atoms with Gasteiger partial charge in [0.25, 0.3) is 0 Å². The highest BCUT2D eigenvalue weighted by atomic mass is 35.5. The Labute approximate surface area is 118 Å². The molecule has 0 saturated heterocycles. The number of hydrogen-bond acceptors (Lipinski definition) is 3. The molecule has 0 unspecified atom stereocenters. The average Bonchev–Trinajstić information content (AvgIpc) is 2.74. The number of nitrogen functional groups attached to an aromatic ring is 1. The van der Waals surface area contributed by atoms with Gasteiger partial charge in [-0.2, -0.15) is 5.26 Å². The number of anilines is 1. The van der Waals surface area contributed by atoms with Gasteiger partial charge in [0.15, 0.2) is 0 Å².